The number of anilines is 1. The van der Waals surface area contributed by atoms with Crippen LogP contribution in [0.15, 0.2) is 48.7 Å². The van der Waals surface area contributed by atoms with Crippen LogP contribution in [-0.2, 0) is 9.53 Å². The molecule has 0 aliphatic rings. The van der Waals surface area contributed by atoms with Gasteiger partial charge in [-0.3, -0.25) is 4.79 Å². The number of aryl methyl sites for hydroxylation is 1. The first-order valence-electron chi connectivity index (χ1n) is 8.54. The summed E-state index contributed by atoms with van der Waals surface area (Å²) >= 11 is 0. The Labute approximate surface area is 163 Å². The number of carbonyl (C=O) groups excluding carboxylic acids is 2. The van der Waals surface area contributed by atoms with Gasteiger partial charge in [-0.2, -0.15) is 5.10 Å². The Hall–Kier alpha value is -3.62. The minimum Gasteiger partial charge on any atom is -0.449 e. The molecule has 0 fully saturated rings. The van der Waals surface area contributed by atoms with Gasteiger partial charge in [0, 0.05) is 11.9 Å². The van der Waals surface area contributed by atoms with Crippen LogP contribution >= 0.6 is 0 Å². The van der Waals surface area contributed by atoms with E-state index in [2.05, 4.69) is 10.4 Å². The number of carbonyl (C=O) groups is 2. The first-order valence-corrected chi connectivity index (χ1v) is 8.54. The normalized spacial score (nSPS) is 11.8. The summed E-state index contributed by atoms with van der Waals surface area (Å²) in [6.07, 6.45) is 0.344. The fourth-order valence-corrected chi connectivity index (χ4v) is 2.52. The molecule has 150 valence electrons. The molecule has 1 amide bonds. The third kappa shape index (κ3) is 4.29. The van der Waals surface area contributed by atoms with Crippen LogP contribution in [0.3, 0.4) is 0 Å². The number of amides is 1. The predicted octanol–water partition coefficient (Wildman–Crippen LogP) is 3.78. The number of hydrogen-bond donors (Lipinski definition) is 1. The van der Waals surface area contributed by atoms with Gasteiger partial charge in [-0.1, -0.05) is 0 Å². The highest BCUT2D eigenvalue weighted by atomic mass is 19.2. The van der Waals surface area contributed by atoms with E-state index in [4.69, 9.17) is 4.74 Å². The van der Waals surface area contributed by atoms with Gasteiger partial charge < -0.3 is 10.1 Å². The van der Waals surface area contributed by atoms with Crippen molar-refractivity contribution in [3.8, 4) is 5.69 Å². The summed E-state index contributed by atoms with van der Waals surface area (Å²) in [7, 11) is 0. The molecule has 0 saturated heterocycles. The first kappa shape index (κ1) is 20.1. The summed E-state index contributed by atoms with van der Waals surface area (Å²) in [5.41, 5.74) is 1.28. The van der Waals surface area contributed by atoms with E-state index < -0.39 is 41.1 Å². The molecule has 1 atom stereocenters. The molecular formula is C20H16F3N3O3. The molecule has 3 aromatic rings. The Balaban J connectivity index is 1.65. The summed E-state index contributed by atoms with van der Waals surface area (Å²) in [6, 6.07) is 9.73. The number of ether oxygens (including phenoxy) is 1. The predicted molar refractivity (Wildman–Crippen MR) is 98.1 cm³/mol. The van der Waals surface area contributed by atoms with E-state index >= 15 is 0 Å². The van der Waals surface area contributed by atoms with Crippen molar-refractivity contribution < 1.29 is 27.5 Å². The van der Waals surface area contributed by atoms with Crippen LogP contribution in [0, 0.1) is 24.4 Å². The highest BCUT2D eigenvalue weighted by molar-refractivity contribution is 5.97. The lowest BCUT2D eigenvalue weighted by atomic mass is 10.2. The smallest absolute Gasteiger partial charge is 0.338 e. The van der Waals surface area contributed by atoms with Crippen molar-refractivity contribution in [1.29, 1.82) is 0 Å². The van der Waals surface area contributed by atoms with Crippen molar-refractivity contribution in [3.63, 3.8) is 0 Å². The number of aromatic nitrogens is 2. The van der Waals surface area contributed by atoms with Gasteiger partial charge in [0.05, 0.1) is 16.9 Å². The van der Waals surface area contributed by atoms with E-state index in [-0.39, 0.29) is 5.56 Å². The van der Waals surface area contributed by atoms with Gasteiger partial charge in [-0.05, 0) is 56.3 Å². The molecular weight excluding hydrogens is 387 g/mol. The summed E-state index contributed by atoms with van der Waals surface area (Å²) < 4.78 is 46.6. The molecule has 1 aromatic heterocycles. The second kappa shape index (κ2) is 8.17. The number of halogens is 3. The average Bonchev–Trinajstić information content (AvgIpc) is 3.14. The number of benzene rings is 2. The number of esters is 1. The third-order valence-corrected chi connectivity index (χ3v) is 4.13. The molecule has 1 heterocycles. The molecule has 9 heteroatoms. The van der Waals surface area contributed by atoms with Crippen molar-refractivity contribution in [1.82, 2.24) is 9.78 Å². The molecule has 1 N–H and O–H groups in total. The van der Waals surface area contributed by atoms with E-state index in [1.165, 1.54) is 19.1 Å². The molecule has 2 aromatic carbocycles. The minimum absolute atomic E-state index is 0.192. The minimum atomic E-state index is -1.71. The number of rotatable bonds is 5. The van der Waals surface area contributed by atoms with Crippen molar-refractivity contribution in [3.05, 3.63) is 77.4 Å². The van der Waals surface area contributed by atoms with E-state index in [0.29, 0.717) is 6.07 Å². The lowest BCUT2D eigenvalue weighted by molar-refractivity contribution is -0.123. The van der Waals surface area contributed by atoms with Crippen LogP contribution in [0.5, 0.6) is 0 Å². The number of nitrogens with one attached hydrogen (secondary N) is 1. The van der Waals surface area contributed by atoms with E-state index in [1.807, 2.05) is 13.0 Å². The molecule has 0 radical (unpaired) electrons. The Kier molecular flexibility index (Phi) is 5.67. The third-order valence-electron chi connectivity index (χ3n) is 4.13. The first-order chi connectivity index (χ1) is 13.8. The topological polar surface area (TPSA) is 73.2 Å². The van der Waals surface area contributed by atoms with Gasteiger partial charge >= 0.3 is 5.97 Å². The van der Waals surface area contributed by atoms with Crippen molar-refractivity contribution in [2.45, 2.75) is 20.0 Å². The second-order valence-electron chi connectivity index (χ2n) is 6.19. The highest BCUT2D eigenvalue weighted by Crippen LogP contribution is 2.20. The SMILES string of the molecule is Cc1ccnn1-c1ccc(C(=O)O[C@H](C)C(=O)Nc2ccc(F)c(F)c2F)cc1. The van der Waals surface area contributed by atoms with Crippen LogP contribution in [0.25, 0.3) is 5.69 Å². The van der Waals surface area contributed by atoms with Crippen LogP contribution in [-0.4, -0.2) is 27.8 Å². The zero-order chi connectivity index (χ0) is 21.1. The maximum absolute atomic E-state index is 13.7. The Morgan fingerprint density at radius 2 is 1.72 bits per heavy atom. The van der Waals surface area contributed by atoms with Gasteiger partial charge in [0.2, 0.25) is 0 Å². The Morgan fingerprint density at radius 3 is 2.34 bits per heavy atom. The van der Waals surface area contributed by atoms with Crippen LogP contribution in [0.4, 0.5) is 18.9 Å². The largest absolute Gasteiger partial charge is 0.449 e. The molecule has 29 heavy (non-hydrogen) atoms. The maximum atomic E-state index is 13.7. The Bertz CT molecular complexity index is 1060. The molecule has 0 bridgehead atoms. The molecule has 0 aliphatic carbocycles. The van der Waals surface area contributed by atoms with Crippen LogP contribution < -0.4 is 5.32 Å². The summed E-state index contributed by atoms with van der Waals surface area (Å²) in [4.78, 5) is 24.3. The standard InChI is InChI=1S/C20H16F3N3O3/c1-11-9-10-24-26(11)14-5-3-13(4-6-14)20(28)29-12(2)19(27)25-16-8-7-15(21)17(22)18(16)23/h3-10,12H,1-2H3,(H,25,27)/t12-/m1/s1. The summed E-state index contributed by atoms with van der Waals surface area (Å²) in [6.45, 7) is 3.15. The van der Waals surface area contributed by atoms with Gasteiger partial charge in [0.1, 0.15) is 0 Å². The monoisotopic (exact) mass is 403 g/mol. The molecule has 0 aliphatic heterocycles. The van der Waals surface area contributed by atoms with Crippen LogP contribution in [0.1, 0.15) is 23.0 Å². The maximum Gasteiger partial charge on any atom is 0.338 e. The van der Waals surface area contributed by atoms with Crippen LogP contribution in [0.2, 0.25) is 0 Å². The summed E-state index contributed by atoms with van der Waals surface area (Å²) in [5, 5.41) is 6.22. The number of nitrogens with zero attached hydrogens (tertiary/aromatic N) is 2. The zero-order valence-corrected chi connectivity index (χ0v) is 15.4. The zero-order valence-electron chi connectivity index (χ0n) is 15.4. The van der Waals surface area contributed by atoms with E-state index in [9.17, 15) is 22.8 Å². The fraction of sp³-hybridized carbons (Fsp3) is 0.150. The van der Waals surface area contributed by atoms with Crippen molar-refractivity contribution in [2.24, 2.45) is 0 Å². The quantitative estimate of drug-likeness (QED) is 0.520. The van der Waals surface area contributed by atoms with Gasteiger partial charge in [0.25, 0.3) is 5.91 Å². The van der Waals surface area contributed by atoms with Gasteiger partial charge in [0.15, 0.2) is 23.6 Å². The molecule has 0 saturated carbocycles. The average molecular weight is 403 g/mol. The highest BCUT2D eigenvalue weighted by Gasteiger charge is 2.22. The molecule has 3 rings (SSSR count). The second-order valence-corrected chi connectivity index (χ2v) is 6.19. The lowest BCUT2D eigenvalue weighted by Crippen LogP contribution is -2.30. The molecule has 6 nitrogen and oxygen atoms in total. The van der Waals surface area contributed by atoms with Gasteiger partial charge in [-0.25, -0.2) is 22.6 Å². The molecule has 0 spiro atoms. The fourth-order valence-electron chi connectivity index (χ4n) is 2.52. The van der Waals surface area contributed by atoms with E-state index in [1.54, 1.807) is 23.0 Å². The van der Waals surface area contributed by atoms with E-state index in [0.717, 1.165) is 17.4 Å². The van der Waals surface area contributed by atoms with Crippen molar-refractivity contribution in [2.75, 3.05) is 5.32 Å². The lowest BCUT2D eigenvalue weighted by Gasteiger charge is -2.14. The van der Waals surface area contributed by atoms with Crippen molar-refractivity contribution >= 4 is 17.6 Å². The molecule has 0 unspecified atom stereocenters. The Morgan fingerprint density at radius 1 is 1.03 bits per heavy atom. The number of hydrogen-bond acceptors (Lipinski definition) is 4. The van der Waals surface area contributed by atoms with Gasteiger partial charge in [-0.15, -0.1) is 0 Å². The summed E-state index contributed by atoms with van der Waals surface area (Å²) in [5.74, 6) is -6.30.